The largest absolute Gasteiger partial charge is 0.444 e. The number of carbonyl (C=O) groups excluding carboxylic acids is 2. The van der Waals surface area contributed by atoms with E-state index in [1.165, 1.54) is 10.6 Å². The van der Waals surface area contributed by atoms with Gasteiger partial charge in [0, 0.05) is 29.6 Å². The highest BCUT2D eigenvalue weighted by atomic mass is 16.6. The van der Waals surface area contributed by atoms with E-state index in [1.54, 1.807) is 42.6 Å². The molecule has 0 spiro atoms. The number of amides is 2. The molecule has 0 saturated heterocycles. The lowest BCUT2D eigenvalue weighted by molar-refractivity contribution is 0.0495. The van der Waals surface area contributed by atoms with Gasteiger partial charge in [-0.25, -0.2) is 4.79 Å². The van der Waals surface area contributed by atoms with Crippen LogP contribution in [0, 0.1) is 0 Å². The van der Waals surface area contributed by atoms with Crippen molar-refractivity contribution in [1.82, 2.24) is 15.2 Å². The van der Waals surface area contributed by atoms with Gasteiger partial charge in [-0.1, -0.05) is 6.07 Å². The van der Waals surface area contributed by atoms with E-state index in [1.807, 2.05) is 20.8 Å². The molecule has 2 aromatic rings. The van der Waals surface area contributed by atoms with Crippen LogP contribution in [0.2, 0.25) is 0 Å². The molecule has 2 N–H and O–H groups in total. The lowest BCUT2D eigenvalue weighted by Gasteiger charge is -2.25. The second kappa shape index (κ2) is 8.51. The molecule has 1 saturated carbocycles. The number of pyridine rings is 1. The van der Waals surface area contributed by atoms with Crippen LogP contribution >= 0.6 is 0 Å². The Hall–Kier alpha value is -3.09. The van der Waals surface area contributed by atoms with Gasteiger partial charge in [0.15, 0.2) is 0 Å². The molecule has 7 heteroatoms. The van der Waals surface area contributed by atoms with Crippen molar-refractivity contribution in [1.29, 1.82) is 0 Å². The normalized spacial score (nSPS) is 18.9. The van der Waals surface area contributed by atoms with Gasteiger partial charge in [0.1, 0.15) is 5.60 Å². The fourth-order valence-corrected chi connectivity index (χ4v) is 3.43. The highest BCUT2D eigenvalue weighted by Crippen LogP contribution is 2.20. The van der Waals surface area contributed by atoms with Gasteiger partial charge in [-0.3, -0.25) is 14.2 Å². The molecule has 2 atom stereocenters. The van der Waals surface area contributed by atoms with Crippen molar-refractivity contribution >= 4 is 12.0 Å². The van der Waals surface area contributed by atoms with Crippen molar-refractivity contribution < 1.29 is 14.3 Å². The zero-order chi connectivity index (χ0) is 21.0. The van der Waals surface area contributed by atoms with Crippen LogP contribution in [-0.4, -0.2) is 34.3 Å². The summed E-state index contributed by atoms with van der Waals surface area (Å²) in [6.07, 6.45) is 3.72. The first-order chi connectivity index (χ1) is 13.7. The minimum absolute atomic E-state index is 0.133. The molecular weight excluding hydrogens is 370 g/mol. The quantitative estimate of drug-likeness (QED) is 0.830. The Morgan fingerprint density at radius 3 is 2.28 bits per heavy atom. The van der Waals surface area contributed by atoms with Crippen molar-refractivity contribution in [3.63, 3.8) is 0 Å². The molecule has 1 aliphatic carbocycles. The van der Waals surface area contributed by atoms with Gasteiger partial charge in [-0.05, 0) is 70.4 Å². The number of aromatic nitrogens is 1. The molecule has 0 radical (unpaired) electrons. The van der Waals surface area contributed by atoms with Gasteiger partial charge in [-0.2, -0.15) is 0 Å². The molecule has 3 rings (SSSR count). The second-order valence-electron chi connectivity index (χ2n) is 8.22. The van der Waals surface area contributed by atoms with Crippen LogP contribution < -0.4 is 16.2 Å². The molecule has 1 aliphatic rings. The van der Waals surface area contributed by atoms with Crippen molar-refractivity contribution in [3.8, 4) is 5.69 Å². The predicted molar refractivity (Wildman–Crippen MR) is 110 cm³/mol. The van der Waals surface area contributed by atoms with E-state index in [4.69, 9.17) is 4.74 Å². The summed E-state index contributed by atoms with van der Waals surface area (Å²) in [4.78, 5) is 36.6. The second-order valence-corrected chi connectivity index (χ2v) is 8.22. The Labute approximate surface area is 170 Å². The van der Waals surface area contributed by atoms with Gasteiger partial charge in [-0.15, -0.1) is 0 Å². The number of hydrogen-bond acceptors (Lipinski definition) is 4. The molecule has 7 nitrogen and oxygen atoms in total. The number of benzene rings is 1. The molecule has 1 fully saturated rings. The molecule has 0 unspecified atom stereocenters. The summed E-state index contributed by atoms with van der Waals surface area (Å²) < 4.78 is 6.83. The van der Waals surface area contributed by atoms with Crippen LogP contribution in [0.25, 0.3) is 5.69 Å². The van der Waals surface area contributed by atoms with E-state index in [-0.39, 0.29) is 23.6 Å². The Morgan fingerprint density at radius 1 is 1.00 bits per heavy atom. The van der Waals surface area contributed by atoms with Gasteiger partial charge in [0.2, 0.25) is 0 Å². The summed E-state index contributed by atoms with van der Waals surface area (Å²) in [7, 11) is 0. The number of carbonyl (C=O) groups is 2. The number of ether oxygens (including phenoxy) is 1. The van der Waals surface area contributed by atoms with Gasteiger partial charge in [0.25, 0.3) is 11.5 Å². The van der Waals surface area contributed by atoms with E-state index in [0.717, 1.165) is 19.3 Å². The van der Waals surface area contributed by atoms with E-state index in [9.17, 15) is 14.4 Å². The first kappa shape index (κ1) is 20.6. The minimum atomic E-state index is -0.566. The fourth-order valence-electron chi connectivity index (χ4n) is 3.43. The van der Waals surface area contributed by atoms with Gasteiger partial charge in [0.05, 0.1) is 6.04 Å². The monoisotopic (exact) mass is 397 g/mol. The fraction of sp³-hybridized carbons (Fsp3) is 0.409. The predicted octanol–water partition coefficient (Wildman–Crippen LogP) is 3.01. The highest BCUT2D eigenvalue weighted by molar-refractivity contribution is 5.94. The van der Waals surface area contributed by atoms with Gasteiger partial charge < -0.3 is 15.4 Å². The highest BCUT2D eigenvalue weighted by Gasteiger charge is 2.31. The summed E-state index contributed by atoms with van der Waals surface area (Å²) in [5.74, 6) is -0.208. The Bertz CT molecular complexity index is 928. The average molecular weight is 397 g/mol. The zero-order valence-electron chi connectivity index (χ0n) is 17.0. The molecular formula is C22H27N3O4. The van der Waals surface area contributed by atoms with Crippen LogP contribution in [0.5, 0.6) is 0 Å². The van der Waals surface area contributed by atoms with Crippen molar-refractivity contribution in [2.75, 3.05) is 0 Å². The van der Waals surface area contributed by atoms with Crippen LogP contribution in [-0.2, 0) is 4.74 Å². The lowest BCUT2D eigenvalue weighted by atomic mass is 10.1. The van der Waals surface area contributed by atoms with Crippen LogP contribution in [0.15, 0.2) is 53.5 Å². The van der Waals surface area contributed by atoms with Crippen LogP contribution in [0.1, 0.15) is 50.4 Å². The molecule has 0 bridgehead atoms. The third-order valence-electron chi connectivity index (χ3n) is 4.76. The standard InChI is InChI=1S/C22H27N3O4/c1-22(2,3)29-21(28)24-18-8-6-7-17(18)23-20(27)15-10-12-16(13-11-15)25-14-5-4-9-19(25)26/h4-5,9-14,17-18H,6-8H2,1-3H3,(H,23,27)(H,24,28)/t17-,18+/m1/s1. The summed E-state index contributed by atoms with van der Waals surface area (Å²) in [5.41, 5.74) is 0.494. The van der Waals surface area contributed by atoms with Crippen molar-refractivity contribution in [2.45, 2.75) is 57.7 Å². The average Bonchev–Trinajstić information content (AvgIpc) is 3.07. The molecule has 29 heavy (non-hydrogen) atoms. The number of rotatable bonds is 4. The Morgan fingerprint density at radius 2 is 1.66 bits per heavy atom. The summed E-state index contributed by atoms with van der Waals surface area (Å²) in [6.45, 7) is 5.44. The molecule has 154 valence electrons. The number of nitrogens with zero attached hydrogens (tertiary/aromatic N) is 1. The third kappa shape index (κ3) is 5.47. The van der Waals surface area contributed by atoms with Crippen LogP contribution in [0.4, 0.5) is 4.79 Å². The molecule has 1 heterocycles. The molecule has 1 aromatic carbocycles. The number of nitrogens with one attached hydrogen (secondary N) is 2. The first-order valence-corrected chi connectivity index (χ1v) is 9.81. The first-order valence-electron chi connectivity index (χ1n) is 9.81. The molecule has 1 aromatic heterocycles. The van der Waals surface area contributed by atoms with Crippen LogP contribution in [0.3, 0.4) is 0 Å². The summed E-state index contributed by atoms with van der Waals surface area (Å²) in [6, 6.07) is 11.5. The topological polar surface area (TPSA) is 89.4 Å². The maximum atomic E-state index is 12.7. The van der Waals surface area contributed by atoms with Gasteiger partial charge >= 0.3 is 6.09 Å². The lowest BCUT2D eigenvalue weighted by Crippen LogP contribution is -2.49. The SMILES string of the molecule is CC(C)(C)OC(=O)N[C@H]1CCC[C@H]1NC(=O)c1ccc(-n2ccccc2=O)cc1. The van der Waals surface area contributed by atoms with E-state index in [0.29, 0.717) is 11.3 Å². The minimum Gasteiger partial charge on any atom is -0.444 e. The summed E-state index contributed by atoms with van der Waals surface area (Å²) in [5, 5.41) is 5.87. The van der Waals surface area contributed by atoms with Crippen molar-refractivity contribution in [2.24, 2.45) is 0 Å². The Balaban J connectivity index is 1.63. The van der Waals surface area contributed by atoms with E-state index in [2.05, 4.69) is 10.6 Å². The van der Waals surface area contributed by atoms with E-state index >= 15 is 0 Å². The number of alkyl carbamates (subject to hydrolysis) is 1. The third-order valence-corrected chi connectivity index (χ3v) is 4.76. The summed E-state index contributed by atoms with van der Waals surface area (Å²) >= 11 is 0. The number of hydrogen-bond donors (Lipinski definition) is 2. The van der Waals surface area contributed by atoms with E-state index < -0.39 is 11.7 Å². The molecule has 2 amide bonds. The van der Waals surface area contributed by atoms with Crippen molar-refractivity contribution in [3.05, 3.63) is 64.6 Å². The zero-order valence-corrected chi connectivity index (χ0v) is 17.0. The maximum Gasteiger partial charge on any atom is 0.407 e. The maximum absolute atomic E-state index is 12.7. The molecule has 0 aliphatic heterocycles. The Kier molecular flexibility index (Phi) is 6.06. The smallest absolute Gasteiger partial charge is 0.407 e.